The largest absolute Gasteiger partial charge is 0.340 e. The van der Waals surface area contributed by atoms with Crippen molar-refractivity contribution in [2.45, 2.75) is 46.2 Å². The Kier molecular flexibility index (Phi) is 4.15. The molecule has 1 aliphatic heterocycles. The fourth-order valence-corrected chi connectivity index (χ4v) is 3.33. The summed E-state index contributed by atoms with van der Waals surface area (Å²) in [6.45, 7) is 9.36. The molecular weight excluding hydrogens is 332 g/mol. The fraction of sp³-hybridized carbons (Fsp3) is 0.500. The van der Waals surface area contributed by atoms with Crippen LogP contribution < -0.4 is 10.2 Å². The van der Waals surface area contributed by atoms with Gasteiger partial charge < -0.3 is 5.32 Å². The number of carbonyl (C=O) groups excluding carboxylic acids is 2. The molecule has 0 saturated carbocycles. The van der Waals surface area contributed by atoms with Gasteiger partial charge in [-0.2, -0.15) is 0 Å². The van der Waals surface area contributed by atoms with Crippen LogP contribution in [0.3, 0.4) is 0 Å². The Balaban J connectivity index is 2.58. The summed E-state index contributed by atoms with van der Waals surface area (Å²) in [5, 5.41) is 2.82. The first-order chi connectivity index (χ1) is 9.65. The molecule has 1 saturated heterocycles. The van der Waals surface area contributed by atoms with Crippen molar-refractivity contribution in [2.75, 3.05) is 4.90 Å². The lowest BCUT2D eigenvalue weighted by Gasteiger charge is -2.44. The van der Waals surface area contributed by atoms with E-state index in [1.165, 1.54) is 0 Å². The summed E-state index contributed by atoms with van der Waals surface area (Å²) in [6, 6.07) is 5.30. The third kappa shape index (κ3) is 2.84. The molecule has 1 unspecified atom stereocenters. The van der Waals surface area contributed by atoms with E-state index in [4.69, 9.17) is 0 Å². The molecule has 0 bridgehead atoms. The number of nitrogens with zero attached hydrogens (tertiary/aromatic N) is 1. The molecule has 1 fully saturated rings. The van der Waals surface area contributed by atoms with Gasteiger partial charge in [0.25, 0.3) is 5.91 Å². The van der Waals surface area contributed by atoms with Gasteiger partial charge in [0.05, 0.1) is 5.69 Å². The standard InChI is InChI=1S/C16H21BrN2O2/c1-9(2)13-14(20)18-16(4,5)15(21)19(13)12-7-6-10(3)8-11(12)17/h6-9,13H,1-5H3,(H,18,20). The van der Waals surface area contributed by atoms with Gasteiger partial charge in [0, 0.05) is 4.47 Å². The average Bonchev–Trinajstić information content (AvgIpc) is 2.33. The first-order valence-electron chi connectivity index (χ1n) is 7.07. The van der Waals surface area contributed by atoms with Gasteiger partial charge in [-0.05, 0) is 60.3 Å². The van der Waals surface area contributed by atoms with Crippen molar-refractivity contribution in [3.63, 3.8) is 0 Å². The molecule has 1 aromatic carbocycles. The Bertz CT molecular complexity index is 596. The minimum Gasteiger partial charge on any atom is -0.340 e. The second-order valence-corrected chi connectivity index (χ2v) is 7.29. The maximum absolute atomic E-state index is 12.8. The maximum atomic E-state index is 12.8. The Morgan fingerprint density at radius 2 is 1.90 bits per heavy atom. The van der Waals surface area contributed by atoms with Crippen molar-refractivity contribution >= 4 is 33.4 Å². The third-order valence-electron chi connectivity index (χ3n) is 3.73. The Hall–Kier alpha value is -1.36. The lowest BCUT2D eigenvalue weighted by molar-refractivity contribution is -0.138. The summed E-state index contributed by atoms with van der Waals surface area (Å²) >= 11 is 3.52. The maximum Gasteiger partial charge on any atom is 0.252 e. The van der Waals surface area contributed by atoms with Crippen LogP contribution >= 0.6 is 15.9 Å². The molecule has 0 radical (unpaired) electrons. The van der Waals surface area contributed by atoms with E-state index in [1.54, 1.807) is 18.7 Å². The van der Waals surface area contributed by atoms with E-state index in [9.17, 15) is 9.59 Å². The van der Waals surface area contributed by atoms with Crippen LogP contribution in [0.15, 0.2) is 22.7 Å². The van der Waals surface area contributed by atoms with E-state index in [2.05, 4.69) is 21.2 Å². The predicted molar refractivity (Wildman–Crippen MR) is 87.2 cm³/mol. The highest BCUT2D eigenvalue weighted by molar-refractivity contribution is 9.10. The summed E-state index contributed by atoms with van der Waals surface area (Å²) in [5.41, 5.74) is 0.944. The van der Waals surface area contributed by atoms with Gasteiger partial charge in [-0.15, -0.1) is 0 Å². The molecule has 1 N–H and O–H groups in total. The van der Waals surface area contributed by atoms with Gasteiger partial charge in [0.2, 0.25) is 5.91 Å². The molecule has 1 aliphatic rings. The van der Waals surface area contributed by atoms with Crippen LogP contribution in [-0.2, 0) is 9.59 Å². The van der Waals surface area contributed by atoms with Crippen LogP contribution in [0.1, 0.15) is 33.3 Å². The van der Waals surface area contributed by atoms with E-state index in [0.29, 0.717) is 0 Å². The quantitative estimate of drug-likeness (QED) is 0.889. The summed E-state index contributed by atoms with van der Waals surface area (Å²) in [4.78, 5) is 26.9. The number of hydrogen-bond acceptors (Lipinski definition) is 2. The van der Waals surface area contributed by atoms with Gasteiger partial charge in [0.1, 0.15) is 11.6 Å². The average molecular weight is 353 g/mol. The number of rotatable bonds is 2. The molecule has 1 aromatic rings. The van der Waals surface area contributed by atoms with E-state index in [1.807, 2.05) is 39.0 Å². The smallest absolute Gasteiger partial charge is 0.252 e. The van der Waals surface area contributed by atoms with Gasteiger partial charge in [-0.1, -0.05) is 19.9 Å². The number of carbonyl (C=O) groups is 2. The van der Waals surface area contributed by atoms with Crippen LogP contribution in [-0.4, -0.2) is 23.4 Å². The van der Waals surface area contributed by atoms with Crippen molar-refractivity contribution in [2.24, 2.45) is 5.92 Å². The summed E-state index contributed by atoms with van der Waals surface area (Å²) in [5.74, 6) is -0.175. The first-order valence-corrected chi connectivity index (χ1v) is 7.86. The van der Waals surface area contributed by atoms with Gasteiger partial charge in [0.15, 0.2) is 0 Å². The van der Waals surface area contributed by atoms with Crippen LogP contribution in [0.25, 0.3) is 0 Å². The normalized spacial score (nSPS) is 21.7. The highest BCUT2D eigenvalue weighted by Crippen LogP contribution is 2.34. The predicted octanol–water partition coefficient (Wildman–Crippen LogP) is 3.02. The summed E-state index contributed by atoms with van der Waals surface area (Å²) < 4.78 is 0.826. The van der Waals surface area contributed by atoms with Crippen LogP contribution in [0.4, 0.5) is 5.69 Å². The molecule has 114 valence electrons. The Labute approximate surface area is 134 Å². The monoisotopic (exact) mass is 352 g/mol. The molecule has 1 atom stereocenters. The Morgan fingerprint density at radius 1 is 1.29 bits per heavy atom. The fourth-order valence-electron chi connectivity index (χ4n) is 2.65. The van der Waals surface area contributed by atoms with Gasteiger partial charge >= 0.3 is 0 Å². The third-order valence-corrected chi connectivity index (χ3v) is 4.37. The van der Waals surface area contributed by atoms with Crippen molar-refractivity contribution in [1.29, 1.82) is 0 Å². The number of halogens is 1. The number of nitrogens with one attached hydrogen (secondary N) is 1. The van der Waals surface area contributed by atoms with Crippen LogP contribution in [0.5, 0.6) is 0 Å². The molecule has 21 heavy (non-hydrogen) atoms. The van der Waals surface area contributed by atoms with Crippen LogP contribution in [0.2, 0.25) is 0 Å². The minimum absolute atomic E-state index is 0.0262. The number of aryl methyl sites for hydroxylation is 1. The van der Waals surface area contributed by atoms with E-state index < -0.39 is 11.6 Å². The molecule has 0 aliphatic carbocycles. The topological polar surface area (TPSA) is 49.4 Å². The summed E-state index contributed by atoms with van der Waals surface area (Å²) in [7, 11) is 0. The zero-order valence-electron chi connectivity index (χ0n) is 13.0. The molecule has 2 amide bonds. The van der Waals surface area contributed by atoms with E-state index in [0.717, 1.165) is 15.7 Å². The van der Waals surface area contributed by atoms with Gasteiger partial charge in [-0.3, -0.25) is 14.5 Å². The first kappa shape index (κ1) is 16.0. The molecule has 2 rings (SSSR count). The number of piperazine rings is 1. The Morgan fingerprint density at radius 3 is 2.43 bits per heavy atom. The van der Waals surface area contributed by atoms with E-state index >= 15 is 0 Å². The van der Waals surface area contributed by atoms with E-state index in [-0.39, 0.29) is 17.7 Å². The molecule has 0 spiro atoms. The second kappa shape index (κ2) is 5.44. The minimum atomic E-state index is -0.896. The number of hydrogen-bond donors (Lipinski definition) is 1. The molecule has 4 nitrogen and oxygen atoms in total. The van der Waals surface area contributed by atoms with Crippen molar-refractivity contribution in [3.8, 4) is 0 Å². The highest BCUT2D eigenvalue weighted by Gasteiger charge is 2.47. The number of amides is 2. The lowest BCUT2D eigenvalue weighted by atomic mass is 9.91. The molecule has 1 heterocycles. The van der Waals surface area contributed by atoms with Crippen molar-refractivity contribution < 1.29 is 9.59 Å². The zero-order chi connectivity index (χ0) is 15.9. The van der Waals surface area contributed by atoms with Crippen LogP contribution in [0, 0.1) is 12.8 Å². The highest BCUT2D eigenvalue weighted by atomic mass is 79.9. The molecule has 5 heteroatoms. The second-order valence-electron chi connectivity index (χ2n) is 6.43. The number of benzene rings is 1. The van der Waals surface area contributed by atoms with Crippen molar-refractivity contribution in [3.05, 3.63) is 28.2 Å². The SMILES string of the molecule is Cc1ccc(N2C(=O)C(C)(C)NC(=O)C2C(C)C)c(Br)c1. The molecule has 0 aromatic heterocycles. The summed E-state index contributed by atoms with van der Waals surface area (Å²) in [6.07, 6.45) is 0. The zero-order valence-corrected chi connectivity index (χ0v) is 14.6. The number of anilines is 1. The van der Waals surface area contributed by atoms with Gasteiger partial charge in [-0.25, -0.2) is 0 Å². The van der Waals surface area contributed by atoms with Crippen molar-refractivity contribution in [1.82, 2.24) is 5.32 Å². The lowest BCUT2D eigenvalue weighted by Crippen LogP contribution is -2.69. The molecular formula is C16H21BrN2O2.